The highest BCUT2D eigenvalue weighted by molar-refractivity contribution is 5.79. The van der Waals surface area contributed by atoms with E-state index in [-0.39, 0.29) is 17.9 Å². The molecule has 2 N–H and O–H groups in total. The third-order valence-electron chi connectivity index (χ3n) is 3.95. The van der Waals surface area contributed by atoms with Crippen LogP contribution in [0.4, 0.5) is 5.69 Å². The molecule has 0 aliphatic heterocycles. The zero-order valence-corrected chi connectivity index (χ0v) is 13.2. The van der Waals surface area contributed by atoms with Crippen molar-refractivity contribution < 1.29 is 4.79 Å². The summed E-state index contributed by atoms with van der Waals surface area (Å²) < 4.78 is 0. The van der Waals surface area contributed by atoms with Crippen molar-refractivity contribution in [1.82, 2.24) is 4.90 Å². The van der Waals surface area contributed by atoms with Crippen LogP contribution in [0.3, 0.4) is 0 Å². The maximum atomic E-state index is 12.6. The zero-order chi connectivity index (χ0) is 15.1. The molecular weight excluding hydrogens is 248 g/mol. The number of hydrogen-bond acceptors (Lipinski definition) is 2. The number of hydrogen-bond donors (Lipinski definition) is 1. The van der Waals surface area contributed by atoms with Gasteiger partial charge in [-0.2, -0.15) is 0 Å². The lowest BCUT2D eigenvalue weighted by atomic mass is 9.95. The van der Waals surface area contributed by atoms with Crippen molar-refractivity contribution in [3.63, 3.8) is 0 Å². The van der Waals surface area contributed by atoms with E-state index < -0.39 is 0 Å². The molecule has 1 amide bonds. The molecule has 0 fully saturated rings. The van der Waals surface area contributed by atoms with Crippen molar-refractivity contribution in [2.24, 2.45) is 5.92 Å². The highest BCUT2D eigenvalue weighted by Crippen LogP contribution is 2.25. The number of benzene rings is 1. The molecule has 1 unspecified atom stereocenters. The summed E-state index contributed by atoms with van der Waals surface area (Å²) in [5, 5.41) is 0. The minimum Gasteiger partial charge on any atom is -0.399 e. The van der Waals surface area contributed by atoms with Gasteiger partial charge in [0.25, 0.3) is 0 Å². The fourth-order valence-corrected chi connectivity index (χ4v) is 2.61. The highest BCUT2D eigenvalue weighted by atomic mass is 16.2. The van der Waals surface area contributed by atoms with Gasteiger partial charge in [0, 0.05) is 18.7 Å². The van der Waals surface area contributed by atoms with Gasteiger partial charge in [-0.25, -0.2) is 0 Å². The summed E-state index contributed by atoms with van der Waals surface area (Å²) in [7, 11) is 1.90. The van der Waals surface area contributed by atoms with Gasteiger partial charge in [0.05, 0.1) is 6.04 Å². The van der Waals surface area contributed by atoms with Gasteiger partial charge in [-0.3, -0.25) is 4.79 Å². The molecule has 1 rings (SSSR count). The molecule has 1 aromatic carbocycles. The highest BCUT2D eigenvalue weighted by Gasteiger charge is 2.24. The molecule has 3 nitrogen and oxygen atoms in total. The Balaban J connectivity index is 2.81. The summed E-state index contributed by atoms with van der Waals surface area (Å²) in [5.74, 6) is 0.405. The predicted octanol–water partition coefficient (Wildman–Crippen LogP) is 4.00. The molecule has 20 heavy (non-hydrogen) atoms. The number of nitrogens with two attached hydrogens (primary N) is 1. The van der Waals surface area contributed by atoms with Crippen LogP contribution < -0.4 is 5.73 Å². The Morgan fingerprint density at radius 3 is 2.35 bits per heavy atom. The molecule has 0 saturated heterocycles. The third kappa shape index (κ3) is 4.26. The van der Waals surface area contributed by atoms with E-state index in [1.165, 1.54) is 0 Å². The Bertz CT molecular complexity index is 425. The minimum atomic E-state index is 0.0576. The lowest BCUT2D eigenvalue weighted by molar-refractivity contribution is -0.136. The number of anilines is 1. The average Bonchev–Trinajstić information content (AvgIpc) is 2.44. The van der Waals surface area contributed by atoms with E-state index >= 15 is 0 Å². The van der Waals surface area contributed by atoms with E-state index in [4.69, 9.17) is 5.73 Å². The van der Waals surface area contributed by atoms with Gasteiger partial charge >= 0.3 is 0 Å². The maximum Gasteiger partial charge on any atom is 0.225 e. The molecule has 3 heteroatoms. The summed E-state index contributed by atoms with van der Waals surface area (Å²) in [6.07, 6.45) is 4.05. The molecule has 0 aliphatic rings. The molecular formula is C17H28N2O. The van der Waals surface area contributed by atoms with Crippen LogP contribution in [-0.2, 0) is 4.79 Å². The van der Waals surface area contributed by atoms with Crippen LogP contribution in [-0.4, -0.2) is 17.9 Å². The largest absolute Gasteiger partial charge is 0.399 e. The molecule has 0 radical (unpaired) electrons. The number of rotatable bonds is 7. The SMILES string of the molecule is CCCC(CCC)C(=O)N(C)C(C)c1cccc(N)c1. The van der Waals surface area contributed by atoms with Crippen LogP contribution in [0.25, 0.3) is 0 Å². The summed E-state index contributed by atoms with van der Waals surface area (Å²) in [6.45, 7) is 6.33. The van der Waals surface area contributed by atoms with Crippen LogP contribution >= 0.6 is 0 Å². The van der Waals surface area contributed by atoms with E-state index in [0.717, 1.165) is 36.9 Å². The maximum absolute atomic E-state index is 12.6. The Kier molecular flexibility index (Phi) is 6.56. The molecule has 0 spiro atoms. The van der Waals surface area contributed by atoms with Crippen LogP contribution in [0.5, 0.6) is 0 Å². The van der Waals surface area contributed by atoms with Crippen molar-refractivity contribution in [3.8, 4) is 0 Å². The number of carbonyl (C=O) groups is 1. The van der Waals surface area contributed by atoms with Crippen molar-refractivity contribution in [3.05, 3.63) is 29.8 Å². The standard InChI is InChI=1S/C17H28N2O/c1-5-8-14(9-6-2)17(20)19(4)13(3)15-10-7-11-16(18)12-15/h7,10-14H,5-6,8-9,18H2,1-4H3. The van der Waals surface area contributed by atoms with E-state index in [2.05, 4.69) is 20.8 Å². The lowest BCUT2D eigenvalue weighted by Crippen LogP contribution is -2.35. The first-order chi connectivity index (χ1) is 9.51. The van der Waals surface area contributed by atoms with Crippen molar-refractivity contribution in [2.45, 2.75) is 52.5 Å². The van der Waals surface area contributed by atoms with Gasteiger partial charge in [0.1, 0.15) is 0 Å². The number of amides is 1. The van der Waals surface area contributed by atoms with E-state index in [1.54, 1.807) is 0 Å². The molecule has 112 valence electrons. The van der Waals surface area contributed by atoms with Gasteiger partial charge in [0.15, 0.2) is 0 Å². The first-order valence-electron chi connectivity index (χ1n) is 7.63. The number of nitrogens with zero attached hydrogens (tertiary/aromatic N) is 1. The predicted molar refractivity (Wildman–Crippen MR) is 85.3 cm³/mol. The van der Waals surface area contributed by atoms with Crippen LogP contribution in [0.2, 0.25) is 0 Å². The van der Waals surface area contributed by atoms with E-state index in [9.17, 15) is 4.79 Å². The van der Waals surface area contributed by atoms with Gasteiger partial charge in [0.2, 0.25) is 5.91 Å². The zero-order valence-electron chi connectivity index (χ0n) is 13.2. The van der Waals surface area contributed by atoms with Crippen molar-refractivity contribution in [2.75, 3.05) is 12.8 Å². The number of nitrogen functional groups attached to an aromatic ring is 1. The summed E-state index contributed by atoms with van der Waals surface area (Å²) >= 11 is 0. The Labute approximate surface area is 123 Å². The Hall–Kier alpha value is -1.51. The normalized spacial score (nSPS) is 12.4. The summed E-state index contributed by atoms with van der Waals surface area (Å²) in [6, 6.07) is 7.84. The quantitative estimate of drug-likeness (QED) is 0.765. The summed E-state index contributed by atoms with van der Waals surface area (Å²) in [4.78, 5) is 14.5. The van der Waals surface area contributed by atoms with Crippen molar-refractivity contribution >= 4 is 11.6 Å². The average molecular weight is 276 g/mol. The number of carbonyl (C=O) groups excluding carboxylic acids is 1. The van der Waals surface area contributed by atoms with Gasteiger partial charge in [-0.15, -0.1) is 0 Å². The molecule has 1 atom stereocenters. The van der Waals surface area contributed by atoms with Crippen LogP contribution in [0, 0.1) is 5.92 Å². The molecule has 1 aromatic rings. The van der Waals surface area contributed by atoms with Crippen LogP contribution in [0.15, 0.2) is 24.3 Å². The Morgan fingerprint density at radius 1 is 1.25 bits per heavy atom. The fraction of sp³-hybridized carbons (Fsp3) is 0.588. The van der Waals surface area contributed by atoms with Crippen molar-refractivity contribution in [1.29, 1.82) is 0 Å². The first kappa shape index (κ1) is 16.5. The van der Waals surface area contributed by atoms with Gasteiger partial charge < -0.3 is 10.6 Å². The minimum absolute atomic E-state index is 0.0576. The van der Waals surface area contributed by atoms with E-state index in [0.29, 0.717) is 0 Å². The Morgan fingerprint density at radius 2 is 1.85 bits per heavy atom. The smallest absolute Gasteiger partial charge is 0.225 e. The lowest BCUT2D eigenvalue weighted by Gasteiger charge is -2.29. The second-order valence-electron chi connectivity index (χ2n) is 5.57. The molecule has 0 heterocycles. The first-order valence-corrected chi connectivity index (χ1v) is 7.63. The molecule has 0 bridgehead atoms. The summed E-state index contributed by atoms with van der Waals surface area (Å²) in [5.41, 5.74) is 7.66. The van der Waals surface area contributed by atoms with Gasteiger partial charge in [-0.05, 0) is 37.5 Å². The molecule has 0 aliphatic carbocycles. The molecule has 0 aromatic heterocycles. The topological polar surface area (TPSA) is 46.3 Å². The van der Waals surface area contributed by atoms with Crippen LogP contribution in [0.1, 0.15) is 58.1 Å². The second-order valence-corrected chi connectivity index (χ2v) is 5.57. The van der Waals surface area contributed by atoms with E-state index in [1.807, 2.05) is 36.2 Å². The molecule has 0 saturated carbocycles. The monoisotopic (exact) mass is 276 g/mol. The third-order valence-corrected chi connectivity index (χ3v) is 3.95. The fourth-order valence-electron chi connectivity index (χ4n) is 2.61. The van der Waals surface area contributed by atoms with Gasteiger partial charge in [-0.1, -0.05) is 38.8 Å². The second kappa shape index (κ2) is 7.93.